The molecule has 30 heavy (non-hydrogen) atoms. The number of methoxy groups -OCH3 is 1. The van der Waals surface area contributed by atoms with E-state index in [1.165, 1.54) is 7.11 Å². The number of benzene rings is 1. The second kappa shape index (κ2) is 11.2. The minimum atomic E-state index is -0.118. The molecule has 1 saturated heterocycles. The highest BCUT2D eigenvalue weighted by Crippen LogP contribution is 2.20. The number of esters is 1. The number of aliphatic imine (C=N–C) groups is 1. The maximum Gasteiger partial charge on any atom is 0.308 e. The van der Waals surface area contributed by atoms with E-state index in [-0.39, 0.29) is 11.9 Å². The Bertz CT molecular complexity index is 833. The summed E-state index contributed by atoms with van der Waals surface area (Å²) in [6.07, 6.45) is 3.28. The van der Waals surface area contributed by atoms with Gasteiger partial charge in [0.2, 0.25) is 5.88 Å². The minimum absolute atomic E-state index is 0.0227. The predicted molar refractivity (Wildman–Crippen MR) is 116 cm³/mol. The minimum Gasteiger partial charge on any atom is -0.473 e. The summed E-state index contributed by atoms with van der Waals surface area (Å²) in [5, 5.41) is 3.36. The lowest BCUT2D eigenvalue weighted by molar-refractivity contribution is -0.146. The number of ether oxygens (including phenoxy) is 2. The molecular formula is C23H30N4O3. The number of guanidine groups is 1. The summed E-state index contributed by atoms with van der Waals surface area (Å²) in [7, 11) is 1.45. The van der Waals surface area contributed by atoms with Crippen molar-refractivity contribution in [2.24, 2.45) is 10.9 Å². The average Bonchev–Trinajstić information content (AvgIpc) is 2.81. The van der Waals surface area contributed by atoms with Gasteiger partial charge in [-0.25, -0.2) is 9.98 Å². The first kappa shape index (κ1) is 21.6. The molecule has 7 nitrogen and oxygen atoms in total. The van der Waals surface area contributed by atoms with Crippen molar-refractivity contribution in [2.75, 3.05) is 26.7 Å². The number of pyridine rings is 1. The van der Waals surface area contributed by atoms with Crippen LogP contribution in [0.1, 0.15) is 30.9 Å². The molecule has 160 valence electrons. The molecule has 1 fully saturated rings. The Morgan fingerprint density at radius 2 is 1.97 bits per heavy atom. The van der Waals surface area contributed by atoms with Crippen LogP contribution >= 0.6 is 0 Å². The van der Waals surface area contributed by atoms with Gasteiger partial charge in [0, 0.05) is 31.4 Å². The zero-order valence-corrected chi connectivity index (χ0v) is 17.7. The molecule has 0 unspecified atom stereocenters. The lowest BCUT2D eigenvalue weighted by Gasteiger charge is -2.33. The summed E-state index contributed by atoms with van der Waals surface area (Å²) >= 11 is 0. The van der Waals surface area contributed by atoms with Crippen molar-refractivity contribution in [3.8, 4) is 5.88 Å². The van der Waals surface area contributed by atoms with E-state index >= 15 is 0 Å². The third-order valence-electron chi connectivity index (χ3n) is 5.13. The summed E-state index contributed by atoms with van der Waals surface area (Å²) in [5.74, 6) is 1.31. The molecular weight excluding hydrogens is 380 g/mol. The zero-order valence-electron chi connectivity index (χ0n) is 17.7. The Kier molecular flexibility index (Phi) is 8.06. The fourth-order valence-corrected chi connectivity index (χ4v) is 3.48. The molecule has 0 saturated carbocycles. The number of hydrogen-bond donors (Lipinski definition) is 1. The van der Waals surface area contributed by atoms with Gasteiger partial charge >= 0.3 is 5.97 Å². The predicted octanol–water partition coefficient (Wildman–Crippen LogP) is 3.01. The second-order valence-electron chi connectivity index (χ2n) is 7.20. The van der Waals surface area contributed by atoms with Gasteiger partial charge in [-0.2, -0.15) is 0 Å². The van der Waals surface area contributed by atoms with Gasteiger partial charge in [0.25, 0.3) is 0 Å². The van der Waals surface area contributed by atoms with Crippen molar-refractivity contribution in [3.05, 3.63) is 59.8 Å². The van der Waals surface area contributed by atoms with Crippen LogP contribution in [0.15, 0.2) is 53.7 Å². The van der Waals surface area contributed by atoms with E-state index in [9.17, 15) is 4.79 Å². The number of hydrogen-bond acceptors (Lipinski definition) is 5. The van der Waals surface area contributed by atoms with E-state index in [0.717, 1.165) is 49.6 Å². The maximum atomic E-state index is 11.8. The first-order chi connectivity index (χ1) is 14.7. The highest BCUT2D eigenvalue weighted by Gasteiger charge is 2.27. The van der Waals surface area contributed by atoms with Gasteiger partial charge in [0.1, 0.15) is 6.61 Å². The van der Waals surface area contributed by atoms with Crippen LogP contribution in [0.3, 0.4) is 0 Å². The van der Waals surface area contributed by atoms with Crippen LogP contribution in [-0.2, 0) is 22.7 Å². The Morgan fingerprint density at radius 3 is 2.67 bits per heavy atom. The van der Waals surface area contributed by atoms with E-state index in [2.05, 4.69) is 22.1 Å². The normalized spacial score (nSPS) is 15.0. The van der Waals surface area contributed by atoms with Crippen LogP contribution in [0, 0.1) is 5.92 Å². The van der Waals surface area contributed by atoms with Gasteiger partial charge in [-0.3, -0.25) is 4.79 Å². The van der Waals surface area contributed by atoms with Crippen LogP contribution in [0.5, 0.6) is 5.88 Å². The summed E-state index contributed by atoms with van der Waals surface area (Å²) in [4.78, 5) is 23.2. The van der Waals surface area contributed by atoms with Crippen molar-refractivity contribution in [1.82, 2.24) is 15.2 Å². The molecule has 7 heteroatoms. The van der Waals surface area contributed by atoms with Crippen LogP contribution in [-0.4, -0.2) is 48.6 Å². The fourth-order valence-electron chi connectivity index (χ4n) is 3.48. The van der Waals surface area contributed by atoms with Crippen molar-refractivity contribution < 1.29 is 14.3 Å². The number of carbonyl (C=O) groups is 1. The monoisotopic (exact) mass is 410 g/mol. The Balaban J connectivity index is 1.64. The number of nitrogens with zero attached hydrogens (tertiary/aromatic N) is 3. The smallest absolute Gasteiger partial charge is 0.308 e. The van der Waals surface area contributed by atoms with Gasteiger partial charge in [-0.1, -0.05) is 36.4 Å². The Hall–Kier alpha value is -3.09. The van der Waals surface area contributed by atoms with E-state index in [0.29, 0.717) is 19.0 Å². The van der Waals surface area contributed by atoms with E-state index in [1.54, 1.807) is 6.20 Å². The van der Waals surface area contributed by atoms with Crippen molar-refractivity contribution in [3.63, 3.8) is 0 Å². The molecule has 1 N–H and O–H groups in total. The average molecular weight is 411 g/mol. The number of nitrogens with one attached hydrogen (secondary N) is 1. The van der Waals surface area contributed by atoms with Gasteiger partial charge in [-0.15, -0.1) is 0 Å². The van der Waals surface area contributed by atoms with Crippen LogP contribution in [0.25, 0.3) is 0 Å². The zero-order chi connectivity index (χ0) is 21.2. The molecule has 0 bridgehead atoms. The number of aromatic nitrogens is 1. The van der Waals surface area contributed by atoms with Crippen molar-refractivity contribution in [2.45, 2.75) is 32.9 Å². The van der Waals surface area contributed by atoms with E-state index < -0.39 is 0 Å². The summed E-state index contributed by atoms with van der Waals surface area (Å²) in [5.41, 5.74) is 2.03. The maximum absolute atomic E-state index is 11.8. The van der Waals surface area contributed by atoms with Crippen LogP contribution in [0.4, 0.5) is 0 Å². The molecule has 2 aromatic rings. The Morgan fingerprint density at radius 1 is 1.20 bits per heavy atom. The summed E-state index contributed by atoms with van der Waals surface area (Å²) in [6.45, 7) is 5.31. The quantitative estimate of drug-likeness (QED) is 0.430. The molecule has 0 amide bonds. The summed E-state index contributed by atoms with van der Waals surface area (Å²) in [6, 6.07) is 13.9. The van der Waals surface area contributed by atoms with Crippen molar-refractivity contribution >= 4 is 11.9 Å². The van der Waals surface area contributed by atoms with Gasteiger partial charge in [-0.05, 0) is 31.4 Å². The molecule has 0 atom stereocenters. The SMILES string of the molecule is CCNC(=NCc1cccnc1OCc1ccccc1)N1CCC(C(=O)OC)CC1. The first-order valence-electron chi connectivity index (χ1n) is 10.4. The second-order valence-corrected chi connectivity index (χ2v) is 7.20. The third-order valence-corrected chi connectivity index (χ3v) is 5.13. The lowest BCUT2D eigenvalue weighted by atomic mass is 9.97. The third kappa shape index (κ3) is 5.95. The molecule has 3 rings (SSSR count). The molecule has 0 spiro atoms. The first-order valence-corrected chi connectivity index (χ1v) is 10.4. The van der Waals surface area contributed by atoms with Gasteiger partial charge < -0.3 is 19.7 Å². The van der Waals surface area contributed by atoms with Crippen molar-refractivity contribution in [1.29, 1.82) is 0 Å². The highest BCUT2D eigenvalue weighted by atomic mass is 16.5. The Labute approximate surface area is 178 Å². The fraction of sp³-hybridized carbons (Fsp3) is 0.435. The van der Waals surface area contributed by atoms with E-state index in [4.69, 9.17) is 14.5 Å². The molecule has 0 radical (unpaired) electrons. The lowest BCUT2D eigenvalue weighted by Crippen LogP contribution is -2.46. The largest absolute Gasteiger partial charge is 0.473 e. The van der Waals surface area contributed by atoms with Gasteiger partial charge in [0.15, 0.2) is 5.96 Å². The highest BCUT2D eigenvalue weighted by molar-refractivity contribution is 5.80. The number of likely N-dealkylation sites (tertiary alicyclic amines) is 1. The topological polar surface area (TPSA) is 76.1 Å². The molecule has 1 aliphatic heterocycles. The number of piperidine rings is 1. The molecule has 2 heterocycles. The van der Waals surface area contributed by atoms with Gasteiger partial charge in [0.05, 0.1) is 19.6 Å². The molecule has 0 aliphatic carbocycles. The summed E-state index contributed by atoms with van der Waals surface area (Å²) < 4.78 is 10.8. The molecule has 1 aliphatic rings. The number of rotatable bonds is 7. The van der Waals surface area contributed by atoms with Crippen LogP contribution < -0.4 is 10.1 Å². The van der Waals surface area contributed by atoms with Crippen LogP contribution in [0.2, 0.25) is 0 Å². The van der Waals surface area contributed by atoms with E-state index in [1.807, 2.05) is 42.5 Å². The molecule has 1 aromatic heterocycles. The number of carbonyl (C=O) groups excluding carboxylic acids is 1. The molecule has 1 aromatic carbocycles. The standard InChI is InChI=1S/C23H30N4O3/c1-3-24-23(27-14-11-19(12-15-27)22(28)29-2)26-16-20-10-7-13-25-21(20)30-17-18-8-5-4-6-9-18/h4-10,13,19H,3,11-12,14-17H2,1-2H3,(H,24,26).